The third-order valence-electron chi connectivity index (χ3n) is 4.07. The van der Waals surface area contributed by atoms with Gasteiger partial charge in [-0.15, -0.1) is 0 Å². The fourth-order valence-electron chi connectivity index (χ4n) is 3.29. The molecule has 1 fully saturated rings. The van der Waals surface area contributed by atoms with Crippen molar-refractivity contribution in [3.8, 4) is 0 Å². The largest absolute Gasteiger partial charge is 0.391 e. The minimum Gasteiger partial charge on any atom is -0.391 e. The van der Waals surface area contributed by atoms with Crippen LogP contribution in [0.4, 0.5) is 0 Å². The van der Waals surface area contributed by atoms with Crippen LogP contribution in [0.15, 0.2) is 0 Å². The van der Waals surface area contributed by atoms with E-state index in [2.05, 4.69) is 27.7 Å². The fraction of sp³-hybridized carbons (Fsp3) is 0.938. The predicted octanol–water partition coefficient (Wildman–Crippen LogP) is 3.21. The highest BCUT2D eigenvalue weighted by Gasteiger charge is 2.30. The number of rotatable bonds is 4. The molecule has 0 aromatic rings. The first-order valence-electron chi connectivity index (χ1n) is 7.64. The molecule has 1 amide bonds. The topological polar surface area (TPSA) is 40.5 Å². The van der Waals surface area contributed by atoms with Crippen LogP contribution >= 0.6 is 0 Å². The van der Waals surface area contributed by atoms with Crippen molar-refractivity contribution in [3.05, 3.63) is 0 Å². The highest BCUT2D eigenvalue weighted by atomic mass is 16.3. The van der Waals surface area contributed by atoms with E-state index in [9.17, 15) is 9.90 Å². The van der Waals surface area contributed by atoms with Gasteiger partial charge in [0.1, 0.15) is 0 Å². The van der Waals surface area contributed by atoms with E-state index in [1.807, 2.05) is 7.05 Å². The van der Waals surface area contributed by atoms with Gasteiger partial charge in [0.15, 0.2) is 0 Å². The molecule has 0 spiro atoms. The quantitative estimate of drug-likeness (QED) is 0.851. The first kappa shape index (κ1) is 16.5. The summed E-state index contributed by atoms with van der Waals surface area (Å²) in [7, 11) is 1.85. The maximum atomic E-state index is 12.3. The van der Waals surface area contributed by atoms with Crippen molar-refractivity contribution < 1.29 is 9.90 Å². The Morgan fingerprint density at radius 2 is 1.89 bits per heavy atom. The highest BCUT2D eigenvalue weighted by Crippen LogP contribution is 2.28. The van der Waals surface area contributed by atoms with Crippen LogP contribution in [0.2, 0.25) is 0 Å². The normalized spacial score (nSPS) is 26.0. The van der Waals surface area contributed by atoms with Gasteiger partial charge < -0.3 is 10.0 Å². The van der Waals surface area contributed by atoms with Gasteiger partial charge in [-0.2, -0.15) is 0 Å². The molecule has 3 unspecified atom stereocenters. The Labute approximate surface area is 118 Å². The third-order valence-corrected chi connectivity index (χ3v) is 4.07. The molecule has 3 atom stereocenters. The molecule has 0 aromatic heterocycles. The summed E-state index contributed by atoms with van der Waals surface area (Å²) >= 11 is 0. The second-order valence-electron chi connectivity index (χ2n) is 7.50. The number of hydrogen-bond acceptors (Lipinski definition) is 2. The molecule has 0 aromatic carbocycles. The van der Waals surface area contributed by atoms with Gasteiger partial charge in [-0.05, 0) is 30.6 Å². The summed E-state index contributed by atoms with van der Waals surface area (Å²) in [6.07, 6.45) is 5.30. The first-order chi connectivity index (χ1) is 8.70. The van der Waals surface area contributed by atoms with Crippen molar-refractivity contribution in [1.29, 1.82) is 0 Å². The highest BCUT2D eigenvalue weighted by molar-refractivity contribution is 5.76. The number of nitrogens with zero attached hydrogens (tertiary/aromatic N) is 1. The molecule has 0 heterocycles. The van der Waals surface area contributed by atoms with Gasteiger partial charge in [0.05, 0.1) is 12.1 Å². The minimum atomic E-state index is -0.333. The van der Waals surface area contributed by atoms with Crippen LogP contribution < -0.4 is 0 Å². The summed E-state index contributed by atoms with van der Waals surface area (Å²) in [5.41, 5.74) is 0.266. The summed E-state index contributed by atoms with van der Waals surface area (Å²) in [4.78, 5) is 14.1. The van der Waals surface area contributed by atoms with Crippen molar-refractivity contribution in [2.75, 3.05) is 7.05 Å². The van der Waals surface area contributed by atoms with Crippen molar-refractivity contribution in [1.82, 2.24) is 4.90 Å². The second kappa shape index (κ2) is 6.74. The first-order valence-corrected chi connectivity index (χ1v) is 7.64. The average Bonchev–Trinajstić information content (AvgIpc) is 2.26. The lowest BCUT2D eigenvalue weighted by molar-refractivity contribution is -0.136. The Balaban J connectivity index is 2.48. The van der Waals surface area contributed by atoms with Gasteiger partial charge in [0.25, 0.3) is 0 Å². The lowest BCUT2D eigenvalue weighted by Crippen LogP contribution is -2.46. The summed E-state index contributed by atoms with van der Waals surface area (Å²) in [6, 6.07) is 0.0306. The Bertz CT molecular complexity index is 296. The van der Waals surface area contributed by atoms with Crippen molar-refractivity contribution in [2.45, 2.75) is 78.4 Å². The van der Waals surface area contributed by atoms with E-state index < -0.39 is 0 Å². The molecule has 0 bridgehead atoms. The number of aliphatic hydroxyl groups is 1. The molecule has 112 valence electrons. The molecule has 3 nitrogen and oxygen atoms in total. The molecule has 1 rings (SSSR count). The van der Waals surface area contributed by atoms with E-state index in [-0.39, 0.29) is 23.5 Å². The van der Waals surface area contributed by atoms with Crippen LogP contribution in [-0.4, -0.2) is 35.1 Å². The molecule has 1 aliphatic rings. The molecule has 0 aliphatic heterocycles. The molecule has 0 saturated heterocycles. The molecule has 3 heteroatoms. The fourth-order valence-corrected chi connectivity index (χ4v) is 3.29. The van der Waals surface area contributed by atoms with E-state index in [0.29, 0.717) is 12.3 Å². The zero-order valence-corrected chi connectivity index (χ0v) is 13.3. The zero-order valence-electron chi connectivity index (χ0n) is 13.3. The minimum absolute atomic E-state index is 0.0306. The Kier molecular flexibility index (Phi) is 5.84. The molecular weight excluding hydrogens is 238 g/mol. The van der Waals surface area contributed by atoms with Crippen LogP contribution in [0.3, 0.4) is 0 Å². The van der Waals surface area contributed by atoms with Gasteiger partial charge in [-0.25, -0.2) is 0 Å². The van der Waals surface area contributed by atoms with E-state index in [1.54, 1.807) is 4.90 Å². The summed E-state index contributed by atoms with van der Waals surface area (Å²) in [5.74, 6) is 0.582. The molecule has 1 aliphatic carbocycles. The number of carbonyl (C=O) groups is 1. The standard InChI is InChI=1S/C16H31NO2/c1-12(11-16(2,3)4)10-15(19)17(5)13-8-6-7-9-14(13)18/h12-14,18H,6-11H2,1-5H3. The maximum absolute atomic E-state index is 12.3. The Hall–Kier alpha value is -0.570. The maximum Gasteiger partial charge on any atom is 0.222 e. The van der Waals surface area contributed by atoms with Crippen molar-refractivity contribution in [2.24, 2.45) is 11.3 Å². The van der Waals surface area contributed by atoms with Crippen LogP contribution in [0.1, 0.15) is 66.2 Å². The van der Waals surface area contributed by atoms with Gasteiger partial charge in [-0.1, -0.05) is 40.5 Å². The van der Waals surface area contributed by atoms with Crippen molar-refractivity contribution >= 4 is 5.91 Å². The van der Waals surface area contributed by atoms with Crippen LogP contribution in [0, 0.1) is 11.3 Å². The van der Waals surface area contributed by atoms with Crippen molar-refractivity contribution in [3.63, 3.8) is 0 Å². The van der Waals surface area contributed by atoms with Crippen LogP contribution in [0.25, 0.3) is 0 Å². The Morgan fingerprint density at radius 1 is 1.32 bits per heavy atom. The van der Waals surface area contributed by atoms with E-state index >= 15 is 0 Å². The second-order valence-corrected chi connectivity index (χ2v) is 7.50. The number of amides is 1. The van der Waals surface area contributed by atoms with Gasteiger partial charge >= 0.3 is 0 Å². The molecule has 19 heavy (non-hydrogen) atoms. The molecule has 0 radical (unpaired) electrons. The zero-order chi connectivity index (χ0) is 14.6. The summed E-state index contributed by atoms with van der Waals surface area (Å²) < 4.78 is 0. The lowest BCUT2D eigenvalue weighted by Gasteiger charge is -2.36. The SMILES string of the molecule is CC(CC(=O)N(C)C1CCCCC1O)CC(C)(C)C. The van der Waals surface area contributed by atoms with Gasteiger partial charge in [-0.3, -0.25) is 4.79 Å². The average molecular weight is 269 g/mol. The monoisotopic (exact) mass is 269 g/mol. The third kappa shape index (κ3) is 5.52. The van der Waals surface area contributed by atoms with E-state index in [4.69, 9.17) is 0 Å². The van der Waals surface area contributed by atoms with Crippen LogP contribution in [-0.2, 0) is 4.79 Å². The van der Waals surface area contributed by atoms with E-state index in [0.717, 1.165) is 32.1 Å². The summed E-state index contributed by atoms with van der Waals surface area (Å²) in [5, 5.41) is 10.0. The smallest absolute Gasteiger partial charge is 0.222 e. The number of likely N-dealkylation sites (N-methyl/N-ethyl adjacent to an activating group) is 1. The van der Waals surface area contributed by atoms with Gasteiger partial charge in [0, 0.05) is 13.5 Å². The van der Waals surface area contributed by atoms with E-state index in [1.165, 1.54) is 0 Å². The molecular formula is C16H31NO2. The Morgan fingerprint density at radius 3 is 2.42 bits per heavy atom. The lowest BCUT2D eigenvalue weighted by atomic mass is 9.84. The van der Waals surface area contributed by atoms with Crippen LogP contribution in [0.5, 0.6) is 0 Å². The number of aliphatic hydroxyl groups excluding tert-OH is 1. The molecule has 1 saturated carbocycles. The van der Waals surface area contributed by atoms with Gasteiger partial charge in [0.2, 0.25) is 5.91 Å². The predicted molar refractivity (Wildman–Crippen MR) is 78.9 cm³/mol. The number of carbonyl (C=O) groups excluding carboxylic acids is 1. The number of hydrogen-bond donors (Lipinski definition) is 1. The molecule has 1 N–H and O–H groups in total. The summed E-state index contributed by atoms with van der Waals surface area (Å²) in [6.45, 7) is 8.78.